The van der Waals surface area contributed by atoms with E-state index in [9.17, 15) is 0 Å². The molecule has 1 aromatic rings. The normalized spacial score (nSPS) is 30.2. The lowest BCUT2D eigenvalue weighted by atomic mass is 9.85. The van der Waals surface area contributed by atoms with Crippen LogP contribution in [-0.2, 0) is 5.54 Å². The van der Waals surface area contributed by atoms with E-state index in [-0.39, 0.29) is 5.54 Å². The first-order valence-corrected chi connectivity index (χ1v) is 7.86. The summed E-state index contributed by atoms with van der Waals surface area (Å²) in [6.45, 7) is 4.47. The summed E-state index contributed by atoms with van der Waals surface area (Å²) < 4.78 is 0. The van der Waals surface area contributed by atoms with Gasteiger partial charge < -0.3 is 5.73 Å². The van der Waals surface area contributed by atoms with Gasteiger partial charge in [0.25, 0.3) is 0 Å². The topological polar surface area (TPSA) is 26.0 Å². The van der Waals surface area contributed by atoms with E-state index in [0.29, 0.717) is 0 Å². The van der Waals surface area contributed by atoms with Gasteiger partial charge in [0, 0.05) is 10.4 Å². The zero-order valence-corrected chi connectivity index (χ0v) is 12.0. The van der Waals surface area contributed by atoms with Gasteiger partial charge in [-0.1, -0.05) is 32.6 Å². The summed E-state index contributed by atoms with van der Waals surface area (Å²) in [7, 11) is 0. The standard InChI is InChI=1S/C15H25NS/c1-3-5-13-6-4-8-15(16,9-7-13)14-10-12(2)17-11-14/h10-11,13H,3-9,16H2,1-2H3. The van der Waals surface area contributed by atoms with Crippen molar-refractivity contribution in [3.8, 4) is 0 Å². The van der Waals surface area contributed by atoms with Crippen molar-refractivity contribution < 1.29 is 0 Å². The largest absolute Gasteiger partial charge is 0.321 e. The monoisotopic (exact) mass is 251 g/mol. The van der Waals surface area contributed by atoms with Crippen LogP contribution < -0.4 is 5.73 Å². The number of thiophene rings is 1. The number of hydrogen-bond acceptors (Lipinski definition) is 2. The molecule has 1 nitrogen and oxygen atoms in total. The highest BCUT2D eigenvalue weighted by molar-refractivity contribution is 7.10. The Kier molecular flexibility index (Phi) is 4.26. The second kappa shape index (κ2) is 5.53. The molecule has 2 rings (SSSR count). The maximum atomic E-state index is 6.66. The molecule has 1 fully saturated rings. The molecule has 2 atom stereocenters. The zero-order valence-electron chi connectivity index (χ0n) is 11.2. The Morgan fingerprint density at radius 1 is 1.41 bits per heavy atom. The van der Waals surface area contributed by atoms with Gasteiger partial charge in [-0.25, -0.2) is 0 Å². The molecule has 1 saturated carbocycles. The quantitative estimate of drug-likeness (QED) is 0.781. The van der Waals surface area contributed by atoms with Crippen LogP contribution >= 0.6 is 11.3 Å². The average Bonchev–Trinajstić information content (AvgIpc) is 2.65. The molecule has 2 unspecified atom stereocenters. The highest BCUT2D eigenvalue weighted by Gasteiger charge is 2.31. The third-order valence-corrected chi connectivity index (χ3v) is 5.10. The van der Waals surface area contributed by atoms with Gasteiger partial charge in [-0.2, -0.15) is 0 Å². The number of rotatable bonds is 3. The lowest BCUT2D eigenvalue weighted by Gasteiger charge is -2.27. The maximum Gasteiger partial charge on any atom is 0.0418 e. The van der Waals surface area contributed by atoms with E-state index in [0.717, 1.165) is 5.92 Å². The summed E-state index contributed by atoms with van der Waals surface area (Å²) in [5, 5.41) is 2.27. The predicted molar refractivity (Wildman–Crippen MR) is 76.4 cm³/mol. The summed E-state index contributed by atoms with van der Waals surface area (Å²) in [6, 6.07) is 2.30. The predicted octanol–water partition coefficient (Wildman–Crippen LogP) is 4.59. The van der Waals surface area contributed by atoms with Crippen molar-refractivity contribution in [1.82, 2.24) is 0 Å². The van der Waals surface area contributed by atoms with Crippen LogP contribution in [0.15, 0.2) is 11.4 Å². The smallest absolute Gasteiger partial charge is 0.0418 e. The first-order valence-electron chi connectivity index (χ1n) is 6.98. The maximum absolute atomic E-state index is 6.66. The van der Waals surface area contributed by atoms with Crippen molar-refractivity contribution in [3.63, 3.8) is 0 Å². The van der Waals surface area contributed by atoms with Crippen molar-refractivity contribution in [2.45, 2.75) is 64.3 Å². The molecule has 1 heterocycles. The van der Waals surface area contributed by atoms with Crippen molar-refractivity contribution >= 4 is 11.3 Å². The molecule has 0 aromatic carbocycles. The molecule has 0 amide bonds. The molecule has 0 saturated heterocycles. The molecule has 0 radical (unpaired) electrons. The van der Waals surface area contributed by atoms with Crippen molar-refractivity contribution in [2.75, 3.05) is 0 Å². The molecule has 0 bridgehead atoms. The van der Waals surface area contributed by atoms with Gasteiger partial charge in [0.05, 0.1) is 0 Å². The summed E-state index contributed by atoms with van der Waals surface area (Å²) in [5.41, 5.74) is 8.01. The number of nitrogens with two attached hydrogens (primary N) is 1. The fraction of sp³-hybridized carbons (Fsp3) is 0.733. The molecule has 17 heavy (non-hydrogen) atoms. The molecule has 2 N–H and O–H groups in total. The van der Waals surface area contributed by atoms with Crippen molar-refractivity contribution in [1.29, 1.82) is 0 Å². The zero-order chi connectivity index (χ0) is 12.3. The van der Waals surface area contributed by atoms with E-state index < -0.39 is 0 Å². The van der Waals surface area contributed by atoms with Crippen LogP contribution in [0.2, 0.25) is 0 Å². The Morgan fingerprint density at radius 3 is 2.88 bits per heavy atom. The van der Waals surface area contributed by atoms with Crippen LogP contribution in [0.3, 0.4) is 0 Å². The minimum Gasteiger partial charge on any atom is -0.321 e. The van der Waals surface area contributed by atoms with Gasteiger partial charge in [-0.05, 0) is 49.1 Å². The summed E-state index contributed by atoms with van der Waals surface area (Å²) in [5.74, 6) is 0.921. The third-order valence-electron chi connectivity index (χ3n) is 4.24. The van der Waals surface area contributed by atoms with Crippen molar-refractivity contribution in [2.24, 2.45) is 11.7 Å². The third kappa shape index (κ3) is 3.11. The highest BCUT2D eigenvalue weighted by atomic mass is 32.1. The number of aryl methyl sites for hydroxylation is 1. The Bertz CT molecular complexity index is 358. The van der Waals surface area contributed by atoms with Crippen LogP contribution in [0, 0.1) is 12.8 Å². The highest BCUT2D eigenvalue weighted by Crippen LogP contribution is 2.38. The summed E-state index contributed by atoms with van der Waals surface area (Å²) >= 11 is 1.83. The van der Waals surface area contributed by atoms with Crippen molar-refractivity contribution in [3.05, 3.63) is 21.9 Å². The molecule has 1 aliphatic carbocycles. The molecular weight excluding hydrogens is 226 g/mol. The second-order valence-electron chi connectivity index (χ2n) is 5.69. The number of hydrogen-bond donors (Lipinski definition) is 1. The fourth-order valence-electron chi connectivity index (χ4n) is 3.13. The Labute approximate surface area is 109 Å². The average molecular weight is 251 g/mol. The van der Waals surface area contributed by atoms with E-state index >= 15 is 0 Å². The molecule has 0 spiro atoms. The lowest BCUT2D eigenvalue weighted by molar-refractivity contribution is 0.368. The van der Waals surface area contributed by atoms with E-state index in [2.05, 4.69) is 25.3 Å². The molecule has 0 aliphatic heterocycles. The van der Waals surface area contributed by atoms with Gasteiger partial charge in [0.1, 0.15) is 0 Å². The van der Waals surface area contributed by atoms with Crippen LogP contribution in [0.5, 0.6) is 0 Å². The van der Waals surface area contributed by atoms with E-state index in [1.807, 2.05) is 11.3 Å². The van der Waals surface area contributed by atoms with Gasteiger partial charge in [-0.15, -0.1) is 11.3 Å². The van der Waals surface area contributed by atoms with Crippen LogP contribution in [0.1, 0.15) is 62.3 Å². The van der Waals surface area contributed by atoms with Gasteiger partial charge in [0.2, 0.25) is 0 Å². The van der Waals surface area contributed by atoms with Crippen LogP contribution in [0.4, 0.5) is 0 Å². The van der Waals surface area contributed by atoms with Gasteiger partial charge in [0.15, 0.2) is 0 Å². The molecule has 2 heteroatoms. The first-order chi connectivity index (χ1) is 8.14. The fourth-order valence-corrected chi connectivity index (χ4v) is 3.94. The molecule has 96 valence electrons. The van der Waals surface area contributed by atoms with Gasteiger partial charge in [-0.3, -0.25) is 0 Å². The summed E-state index contributed by atoms with van der Waals surface area (Å²) in [6.07, 6.45) is 9.06. The minimum absolute atomic E-state index is 0.0345. The van der Waals surface area contributed by atoms with Gasteiger partial charge >= 0.3 is 0 Å². The lowest BCUT2D eigenvalue weighted by Crippen LogP contribution is -2.35. The Morgan fingerprint density at radius 2 is 2.24 bits per heavy atom. The van der Waals surface area contributed by atoms with Crippen LogP contribution in [-0.4, -0.2) is 0 Å². The van der Waals surface area contributed by atoms with Crippen LogP contribution in [0.25, 0.3) is 0 Å². The van der Waals surface area contributed by atoms with E-state index in [4.69, 9.17) is 5.73 Å². The Hall–Kier alpha value is -0.340. The Balaban J connectivity index is 2.06. The first kappa shape index (κ1) is 13.1. The second-order valence-corrected chi connectivity index (χ2v) is 6.80. The SMILES string of the molecule is CCCC1CCCC(N)(c2csc(C)c2)CC1. The molecular formula is C15H25NS. The summed E-state index contributed by atoms with van der Waals surface area (Å²) in [4.78, 5) is 1.39. The minimum atomic E-state index is -0.0345. The van der Waals surface area contributed by atoms with E-state index in [1.165, 1.54) is 55.4 Å². The molecule has 1 aliphatic rings. The molecule has 1 aromatic heterocycles. The van der Waals surface area contributed by atoms with E-state index in [1.54, 1.807) is 0 Å².